The van der Waals surface area contributed by atoms with E-state index < -0.39 is 5.97 Å². The van der Waals surface area contributed by atoms with Gasteiger partial charge in [0.25, 0.3) is 0 Å². The van der Waals surface area contributed by atoms with Crippen molar-refractivity contribution >= 4 is 5.97 Å². The molecule has 2 heterocycles. The first-order valence-corrected chi connectivity index (χ1v) is 6.49. The van der Waals surface area contributed by atoms with E-state index >= 15 is 0 Å². The van der Waals surface area contributed by atoms with Crippen LogP contribution in [0.5, 0.6) is 0 Å². The van der Waals surface area contributed by atoms with Crippen molar-refractivity contribution in [2.45, 2.75) is 32.7 Å². The molecule has 1 unspecified atom stereocenters. The van der Waals surface area contributed by atoms with Crippen molar-refractivity contribution in [3.05, 3.63) is 29.6 Å². The molecule has 0 spiro atoms. The third-order valence-electron chi connectivity index (χ3n) is 3.52. The Bertz CT molecular complexity index is 403. The van der Waals surface area contributed by atoms with Gasteiger partial charge in [0.15, 0.2) is 0 Å². The summed E-state index contributed by atoms with van der Waals surface area (Å²) in [5, 5.41) is 8.68. The number of aliphatic carboxylic acids is 1. The number of carboxylic acids is 1. The topological polar surface area (TPSA) is 53.4 Å². The largest absolute Gasteiger partial charge is 0.481 e. The Morgan fingerprint density at radius 2 is 2.39 bits per heavy atom. The van der Waals surface area contributed by atoms with Crippen LogP contribution in [0.25, 0.3) is 0 Å². The van der Waals surface area contributed by atoms with Crippen molar-refractivity contribution in [3.63, 3.8) is 0 Å². The highest BCUT2D eigenvalue weighted by molar-refractivity contribution is 5.66. The van der Waals surface area contributed by atoms with Crippen molar-refractivity contribution in [1.29, 1.82) is 0 Å². The maximum Gasteiger partial charge on any atom is 0.303 e. The van der Waals surface area contributed by atoms with E-state index in [0.29, 0.717) is 12.3 Å². The number of rotatable bonds is 5. The first-order chi connectivity index (χ1) is 8.63. The first kappa shape index (κ1) is 13.0. The van der Waals surface area contributed by atoms with Gasteiger partial charge in [0.05, 0.1) is 0 Å². The fourth-order valence-electron chi connectivity index (χ4n) is 2.47. The molecule has 1 N–H and O–H groups in total. The maximum atomic E-state index is 10.5. The van der Waals surface area contributed by atoms with Gasteiger partial charge >= 0.3 is 5.97 Å². The lowest BCUT2D eigenvalue weighted by atomic mass is 10.0. The van der Waals surface area contributed by atoms with E-state index in [0.717, 1.165) is 38.2 Å². The molecule has 0 bridgehead atoms. The van der Waals surface area contributed by atoms with Crippen LogP contribution in [-0.4, -0.2) is 34.0 Å². The summed E-state index contributed by atoms with van der Waals surface area (Å²) in [4.78, 5) is 17.2. The molecule has 98 valence electrons. The van der Waals surface area contributed by atoms with Gasteiger partial charge in [0.1, 0.15) is 0 Å². The highest BCUT2D eigenvalue weighted by atomic mass is 16.4. The minimum Gasteiger partial charge on any atom is -0.481 e. The molecule has 18 heavy (non-hydrogen) atoms. The van der Waals surface area contributed by atoms with Crippen LogP contribution in [0.4, 0.5) is 0 Å². The summed E-state index contributed by atoms with van der Waals surface area (Å²) < 4.78 is 0. The van der Waals surface area contributed by atoms with Crippen LogP contribution in [0.15, 0.2) is 18.3 Å². The van der Waals surface area contributed by atoms with Crippen LogP contribution < -0.4 is 0 Å². The molecule has 1 aromatic rings. The molecule has 1 fully saturated rings. The van der Waals surface area contributed by atoms with Crippen molar-refractivity contribution in [2.24, 2.45) is 5.92 Å². The zero-order valence-electron chi connectivity index (χ0n) is 10.8. The van der Waals surface area contributed by atoms with E-state index in [2.05, 4.69) is 16.0 Å². The lowest BCUT2D eigenvalue weighted by Crippen LogP contribution is -2.20. The SMILES string of the molecule is Cc1ccc(CN2CCC(CCC(=O)O)C2)cn1. The molecule has 2 rings (SSSR count). The van der Waals surface area contributed by atoms with E-state index in [9.17, 15) is 4.79 Å². The molecule has 0 aromatic carbocycles. The van der Waals surface area contributed by atoms with Crippen LogP contribution in [-0.2, 0) is 11.3 Å². The van der Waals surface area contributed by atoms with Crippen LogP contribution in [0.1, 0.15) is 30.5 Å². The van der Waals surface area contributed by atoms with E-state index in [1.165, 1.54) is 5.56 Å². The molecule has 1 aliphatic rings. The Hall–Kier alpha value is -1.42. The lowest BCUT2D eigenvalue weighted by molar-refractivity contribution is -0.137. The minimum absolute atomic E-state index is 0.296. The first-order valence-electron chi connectivity index (χ1n) is 6.49. The highest BCUT2D eigenvalue weighted by Crippen LogP contribution is 2.22. The van der Waals surface area contributed by atoms with Crippen molar-refractivity contribution in [3.8, 4) is 0 Å². The fraction of sp³-hybridized carbons (Fsp3) is 0.571. The third-order valence-corrected chi connectivity index (χ3v) is 3.52. The van der Waals surface area contributed by atoms with E-state index in [-0.39, 0.29) is 0 Å². The highest BCUT2D eigenvalue weighted by Gasteiger charge is 2.22. The second kappa shape index (κ2) is 5.96. The summed E-state index contributed by atoms with van der Waals surface area (Å²) >= 11 is 0. The average Bonchev–Trinajstić information content (AvgIpc) is 2.77. The van der Waals surface area contributed by atoms with Gasteiger partial charge in [0, 0.05) is 31.4 Å². The van der Waals surface area contributed by atoms with Crippen molar-refractivity contribution < 1.29 is 9.90 Å². The van der Waals surface area contributed by atoms with E-state index in [1.54, 1.807) is 0 Å². The quantitative estimate of drug-likeness (QED) is 0.866. The van der Waals surface area contributed by atoms with Crippen molar-refractivity contribution in [2.75, 3.05) is 13.1 Å². The summed E-state index contributed by atoms with van der Waals surface area (Å²) in [7, 11) is 0. The van der Waals surface area contributed by atoms with Crippen molar-refractivity contribution in [1.82, 2.24) is 9.88 Å². The second-order valence-electron chi connectivity index (χ2n) is 5.13. The molecule has 0 aliphatic carbocycles. The number of hydrogen-bond acceptors (Lipinski definition) is 3. The summed E-state index contributed by atoms with van der Waals surface area (Å²) in [5.74, 6) is -0.143. The van der Waals surface area contributed by atoms with Gasteiger partial charge in [-0.1, -0.05) is 6.07 Å². The Morgan fingerprint density at radius 3 is 3.06 bits per heavy atom. The minimum atomic E-state index is -0.684. The normalized spacial score (nSPS) is 20.2. The number of pyridine rings is 1. The smallest absolute Gasteiger partial charge is 0.303 e. The zero-order valence-corrected chi connectivity index (χ0v) is 10.8. The number of hydrogen-bond donors (Lipinski definition) is 1. The number of aromatic nitrogens is 1. The van der Waals surface area contributed by atoms with Gasteiger partial charge in [-0.3, -0.25) is 14.7 Å². The van der Waals surface area contributed by atoms with E-state index in [4.69, 9.17) is 5.11 Å². The van der Waals surface area contributed by atoms with Gasteiger partial charge in [-0.2, -0.15) is 0 Å². The number of aryl methyl sites for hydroxylation is 1. The van der Waals surface area contributed by atoms with Crippen LogP contribution in [0, 0.1) is 12.8 Å². The monoisotopic (exact) mass is 248 g/mol. The van der Waals surface area contributed by atoms with Gasteiger partial charge in [-0.25, -0.2) is 0 Å². The summed E-state index contributed by atoms with van der Waals surface area (Å²) in [6.07, 6.45) is 4.15. The van der Waals surface area contributed by atoms with Gasteiger partial charge in [-0.15, -0.1) is 0 Å². The van der Waals surface area contributed by atoms with Crippen LogP contribution in [0.2, 0.25) is 0 Å². The van der Waals surface area contributed by atoms with Gasteiger partial charge in [-0.05, 0) is 43.9 Å². The number of nitrogens with zero attached hydrogens (tertiary/aromatic N) is 2. The number of likely N-dealkylation sites (tertiary alicyclic amines) is 1. The molecule has 1 aromatic heterocycles. The second-order valence-corrected chi connectivity index (χ2v) is 5.13. The van der Waals surface area contributed by atoms with Crippen LogP contribution in [0.3, 0.4) is 0 Å². The lowest BCUT2D eigenvalue weighted by Gasteiger charge is -2.15. The molecule has 4 nitrogen and oxygen atoms in total. The average molecular weight is 248 g/mol. The number of carboxylic acid groups (broad SMARTS) is 1. The molecular formula is C14H20N2O2. The molecule has 1 saturated heterocycles. The standard InChI is InChI=1S/C14H20N2O2/c1-11-2-3-13(8-15-11)10-16-7-6-12(9-16)4-5-14(17)18/h2-3,8,12H,4-7,9-10H2,1H3,(H,17,18). The predicted molar refractivity (Wildman–Crippen MR) is 69.2 cm³/mol. The summed E-state index contributed by atoms with van der Waals surface area (Å²) in [6, 6.07) is 4.15. The maximum absolute atomic E-state index is 10.5. The molecule has 1 aliphatic heterocycles. The molecule has 0 radical (unpaired) electrons. The zero-order chi connectivity index (χ0) is 13.0. The molecule has 0 amide bonds. The number of carbonyl (C=O) groups is 1. The Labute approximate surface area is 108 Å². The Morgan fingerprint density at radius 1 is 1.56 bits per heavy atom. The third kappa shape index (κ3) is 3.81. The van der Waals surface area contributed by atoms with E-state index in [1.807, 2.05) is 19.2 Å². The molecule has 4 heteroatoms. The fourth-order valence-corrected chi connectivity index (χ4v) is 2.47. The summed E-state index contributed by atoms with van der Waals surface area (Å²) in [6.45, 7) is 5.00. The molecule has 0 saturated carbocycles. The Balaban J connectivity index is 1.78. The molecule has 1 atom stereocenters. The Kier molecular flexibility index (Phi) is 4.31. The molecular weight excluding hydrogens is 228 g/mol. The van der Waals surface area contributed by atoms with Gasteiger partial charge in [0.2, 0.25) is 0 Å². The van der Waals surface area contributed by atoms with Gasteiger partial charge < -0.3 is 5.11 Å². The predicted octanol–water partition coefficient (Wildman–Crippen LogP) is 2.08. The summed E-state index contributed by atoms with van der Waals surface area (Å²) in [5.41, 5.74) is 2.28. The van der Waals surface area contributed by atoms with Crippen LogP contribution >= 0.6 is 0 Å².